The molecule has 1 aromatic heterocycles. The highest BCUT2D eigenvalue weighted by Gasteiger charge is 2.30. The number of nitrogens with zero attached hydrogens (tertiary/aromatic N) is 2. The molecule has 1 saturated carbocycles. The quantitative estimate of drug-likeness (QED) is 0.656. The summed E-state index contributed by atoms with van der Waals surface area (Å²) in [5.74, 6) is -0.392. The number of rotatable bonds is 5. The molecule has 1 aromatic carbocycles. The lowest BCUT2D eigenvalue weighted by atomic mass is 9.83. The van der Waals surface area contributed by atoms with Crippen LogP contribution in [0.15, 0.2) is 30.5 Å². The fraction of sp³-hybridized carbons (Fsp3) is 0.520. The minimum Gasteiger partial charge on any atom is -0.390 e. The van der Waals surface area contributed by atoms with Crippen LogP contribution in [0.3, 0.4) is 0 Å². The third-order valence-electron chi connectivity index (χ3n) is 7.01. The van der Waals surface area contributed by atoms with Gasteiger partial charge in [-0.1, -0.05) is 12.1 Å². The number of likely N-dealkylation sites (tertiary alicyclic amines) is 1. The van der Waals surface area contributed by atoms with Crippen LogP contribution in [0.1, 0.15) is 68.3 Å². The number of aliphatic hydroxyl groups is 1. The van der Waals surface area contributed by atoms with Crippen LogP contribution in [0, 0.1) is 5.82 Å². The van der Waals surface area contributed by atoms with E-state index in [2.05, 4.69) is 22.1 Å². The number of nitrogens with one attached hydrogen (secondary N) is 1. The summed E-state index contributed by atoms with van der Waals surface area (Å²) in [7, 11) is 0. The molecule has 0 radical (unpaired) electrons. The fourth-order valence-corrected chi connectivity index (χ4v) is 4.76. The molecule has 1 amide bonds. The van der Waals surface area contributed by atoms with E-state index in [1.807, 2.05) is 19.1 Å². The summed E-state index contributed by atoms with van der Waals surface area (Å²) < 4.78 is 14.9. The first-order valence-electron chi connectivity index (χ1n) is 11.5. The van der Waals surface area contributed by atoms with Crippen LogP contribution in [0.25, 0.3) is 11.1 Å². The minimum absolute atomic E-state index is 0.00418. The average molecular weight is 441 g/mol. The van der Waals surface area contributed by atoms with Gasteiger partial charge in [-0.2, -0.15) is 0 Å². The van der Waals surface area contributed by atoms with Gasteiger partial charge in [-0.25, -0.2) is 9.37 Å². The molecular weight excluding hydrogens is 407 g/mol. The Morgan fingerprint density at radius 2 is 2.03 bits per heavy atom. The van der Waals surface area contributed by atoms with Gasteiger partial charge in [0.2, 0.25) is 0 Å². The van der Waals surface area contributed by atoms with Gasteiger partial charge >= 0.3 is 0 Å². The van der Waals surface area contributed by atoms with Crippen LogP contribution in [0.5, 0.6) is 0 Å². The van der Waals surface area contributed by atoms with Crippen LogP contribution in [-0.2, 0) is 6.54 Å². The molecule has 2 aromatic rings. The number of amides is 1. The van der Waals surface area contributed by atoms with Crippen molar-refractivity contribution in [1.29, 1.82) is 0 Å². The molecule has 7 heteroatoms. The van der Waals surface area contributed by atoms with Gasteiger partial charge in [0.05, 0.1) is 11.2 Å². The van der Waals surface area contributed by atoms with E-state index in [1.165, 1.54) is 6.07 Å². The van der Waals surface area contributed by atoms with Crippen molar-refractivity contribution in [1.82, 2.24) is 15.2 Å². The first kappa shape index (κ1) is 22.7. The van der Waals surface area contributed by atoms with E-state index in [4.69, 9.17) is 5.73 Å². The third kappa shape index (κ3) is 5.10. The number of anilines is 1. The Labute approximate surface area is 189 Å². The van der Waals surface area contributed by atoms with Gasteiger partial charge in [0.25, 0.3) is 5.91 Å². The first-order chi connectivity index (χ1) is 15.2. The largest absolute Gasteiger partial charge is 0.390 e. The van der Waals surface area contributed by atoms with E-state index in [0.717, 1.165) is 19.4 Å². The molecule has 1 saturated heterocycles. The maximum absolute atomic E-state index is 14.9. The molecule has 4 rings (SSSR count). The highest BCUT2D eigenvalue weighted by Crippen LogP contribution is 2.29. The Hall–Kier alpha value is -2.51. The standard InChI is InChI=1S/C25H33FN4O2/c1-16-4-3-11-30(16)15-18-6-5-17(13-22(18)26)19-12-21(23(27)28-14-19)24(31)29-20-7-9-25(2,32)10-8-20/h5-6,12-14,16,20,32H,3-4,7-11,15H2,1-2H3,(H2,27,28)(H,29,31)/t16-,20-,25-/m1/s1. The number of carbonyl (C=O) groups is 1. The summed E-state index contributed by atoms with van der Waals surface area (Å²) >= 11 is 0. The summed E-state index contributed by atoms with van der Waals surface area (Å²) in [6, 6.07) is 7.35. The maximum Gasteiger partial charge on any atom is 0.255 e. The Kier molecular flexibility index (Phi) is 6.49. The van der Waals surface area contributed by atoms with E-state index in [-0.39, 0.29) is 29.1 Å². The lowest BCUT2D eigenvalue weighted by Crippen LogP contribution is -2.42. The maximum atomic E-state index is 14.9. The summed E-state index contributed by atoms with van der Waals surface area (Å²) in [6.45, 7) is 5.62. The van der Waals surface area contributed by atoms with Gasteiger partial charge < -0.3 is 16.2 Å². The Morgan fingerprint density at radius 3 is 2.69 bits per heavy atom. The highest BCUT2D eigenvalue weighted by atomic mass is 19.1. The molecule has 6 nitrogen and oxygen atoms in total. The van der Waals surface area contributed by atoms with Crippen molar-refractivity contribution in [2.45, 2.75) is 76.6 Å². The lowest BCUT2D eigenvalue weighted by Gasteiger charge is -2.33. The van der Waals surface area contributed by atoms with Crippen molar-refractivity contribution in [2.75, 3.05) is 12.3 Å². The van der Waals surface area contributed by atoms with Crippen molar-refractivity contribution in [3.63, 3.8) is 0 Å². The van der Waals surface area contributed by atoms with Crippen LogP contribution < -0.4 is 11.1 Å². The zero-order valence-electron chi connectivity index (χ0n) is 18.9. The Morgan fingerprint density at radius 1 is 1.28 bits per heavy atom. The van der Waals surface area contributed by atoms with Gasteiger partial charge in [0, 0.05) is 36.0 Å². The van der Waals surface area contributed by atoms with E-state index in [1.54, 1.807) is 12.3 Å². The van der Waals surface area contributed by atoms with Crippen LogP contribution in [-0.4, -0.2) is 45.1 Å². The normalized spacial score (nSPS) is 26.2. The molecule has 2 aliphatic rings. The van der Waals surface area contributed by atoms with Gasteiger partial charge in [0.1, 0.15) is 11.6 Å². The van der Waals surface area contributed by atoms with Crippen LogP contribution >= 0.6 is 0 Å². The monoisotopic (exact) mass is 440 g/mol. The smallest absolute Gasteiger partial charge is 0.255 e. The summed E-state index contributed by atoms with van der Waals surface area (Å²) in [5.41, 5.74) is 7.60. The van der Waals surface area contributed by atoms with E-state index in [9.17, 15) is 14.3 Å². The number of benzene rings is 1. The number of nitrogen functional groups attached to an aromatic ring is 1. The number of halogens is 1. The number of aromatic nitrogens is 1. The Bertz CT molecular complexity index is 984. The molecule has 0 unspecified atom stereocenters. The molecule has 4 N–H and O–H groups in total. The predicted octanol–water partition coefficient (Wildman–Crippen LogP) is 3.88. The van der Waals surface area contributed by atoms with Crippen molar-refractivity contribution in [2.24, 2.45) is 0 Å². The fourth-order valence-electron chi connectivity index (χ4n) is 4.76. The number of pyridine rings is 1. The molecule has 32 heavy (non-hydrogen) atoms. The Balaban J connectivity index is 1.48. The van der Waals surface area contributed by atoms with E-state index >= 15 is 0 Å². The van der Waals surface area contributed by atoms with Crippen molar-refractivity contribution < 1.29 is 14.3 Å². The molecule has 2 fully saturated rings. The number of hydrogen-bond acceptors (Lipinski definition) is 5. The average Bonchev–Trinajstić information content (AvgIpc) is 3.16. The number of nitrogens with two attached hydrogens (primary N) is 1. The third-order valence-corrected chi connectivity index (χ3v) is 7.01. The molecule has 2 heterocycles. The van der Waals surface area contributed by atoms with Gasteiger partial charge in [-0.15, -0.1) is 0 Å². The van der Waals surface area contributed by atoms with Crippen molar-refractivity contribution >= 4 is 11.7 Å². The SMILES string of the molecule is C[C@@H]1CCCN1Cc1ccc(-c2cnc(N)c(C(=O)N[C@H]3CC[C@](C)(O)CC3)c2)cc1F. The second kappa shape index (κ2) is 9.16. The molecular formula is C25H33FN4O2. The highest BCUT2D eigenvalue weighted by molar-refractivity contribution is 5.99. The van der Waals surface area contributed by atoms with Gasteiger partial charge in [0.15, 0.2) is 0 Å². The predicted molar refractivity (Wildman–Crippen MR) is 123 cm³/mol. The summed E-state index contributed by atoms with van der Waals surface area (Å²) in [4.78, 5) is 19.3. The van der Waals surface area contributed by atoms with E-state index < -0.39 is 5.60 Å². The summed E-state index contributed by atoms with van der Waals surface area (Å²) in [5, 5.41) is 13.1. The molecule has 1 aliphatic carbocycles. The van der Waals surface area contributed by atoms with Crippen molar-refractivity contribution in [3.05, 3.63) is 47.4 Å². The molecule has 1 atom stereocenters. The first-order valence-corrected chi connectivity index (χ1v) is 11.5. The second-order valence-corrected chi connectivity index (χ2v) is 9.67. The van der Waals surface area contributed by atoms with Crippen LogP contribution in [0.2, 0.25) is 0 Å². The van der Waals surface area contributed by atoms with Gasteiger partial charge in [-0.05, 0) is 76.6 Å². The van der Waals surface area contributed by atoms with Crippen molar-refractivity contribution in [3.8, 4) is 11.1 Å². The molecule has 0 spiro atoms. The zero-order chi connectivity index (χ0) is 22.9. The lowest BCUT2D eigenvalue weighted by molar-refractivity contribution is 0.0140. The number of hydrogen-bond donors (Lipinski definition) is 3. The topological polar surface area (TPSA) is 91.5 Å². The second-order valence-electron chi connectivity index (χ2n) is 9.67. The zero-order valence-corrected chi connectivity index (χ0v) is 18.9. The number of carbonyl (C=O) groups excluding carboxylic acids is 1. The molecule has 172 valence electrons. The minimum atomic E-state index is -0.662. The van der Waals surface area contributed by atoms with Crippen LogP contribution in [0.4, 0.5) is 10.2 Å². The summed E-state index contributed by atoms with van der Waals surface area (Å²) in [6.07, 6.45) is 6.61. The molecule has 0 bridgehead atoms. The molecule has 1 aliphatic heterocycles. The van der Waals surface area contributed by atoms with Gasteiger partial charge in [-0.3, -0.25) is 9.69 Å². The van der Waals surface area contributed by atoms with E-state index in [0.29, 0.717) is 55.0 Å².